The molecule has 2 rings (SSSR count). The van der Waals surface area contributed by atoms with Gasteiger partial charge in [0.2, 0.25) is 0 Å². The summed E-state index contributed by atoms with van der Waals surface area (Å²) in [5.41, 5.74) is -0.469. The van der Waals surface area contributed by atoms with Crippen LogP contribution < -0.4 is 0 Å². The van der Waals surface area contributed by atoms with E-state index in [0.717, 1.165) is 19.3 Å². The van der Waals surface area contributed by atoms with Gasteiger partial charge in [0.15, 0.2) is 0 Å². The third-order valence-electron chi connectivity index (χ3n) is 3.44. The van der Waals surface area contributed by atoms with Crippen LogP contribution in [0.2, 0.25) is 0 Å². The van der Waals surface area contributed by atoms with Crippen molar-refractivity contribution in [3.63, 3.8) is 0 Å². The van der Waals surface area contributed by atoms with Crippen LogP contribution in [0.15, 0.2) is 12.7 Å². The van der Waals surface area contributed by atoms with Gasteiger partial charge in [0.25, 0.3) is 0 Å². The van der Waals surface area contributed by atoms with Gasteiger partial charge in [-0.05, 0) is 38.0 Å². The van der Waals surface area contributed by atoms with Crippen LogP contribution in [0.1, 0.15) is 26.2 Å². The lowest BCUT2D eigenvalue weighted by molar-refractivity contribution is -0.0608. The summed E-state index contributed by atoms with van der Waals surface area (Å²) < 4.78 is 5.63. The molecule has 2 aliphatic rings. The average molecular weight is 182 g/mol. The molecule has 0 aromatic carbocycles. The molecule has 4 atom stereocenters. The van der Waals surface area contributed by atoms with E-state index in [-0.39, 0.29) is 6.10 Å². The highest BCUT2D eigenvalue weighted by Crippen LogP contribution is 2.59. The molecule has 2 heteroatoms. The van der Waals surface area contributed by atoms with Crippen LogP contribution in [0, 0.1) is 11.8 Å². The van der Waals surface area contributed by atoms with Gasteiger partial charge in [-0.15, -0.1) is 6.58 Å². The summed E-state index contributed by atoms with van der Waals surface area (Å²) in [6.07, 6.45) is 5.05. The second-order valence-electron chi connectivity index (χ2n) is 4.29. The zero-order valence-corrected chi connectivity index (χ0v) is 8.20. The maximum atomic E-state index is 10.1. The summed E-state index contributed by atoms with van der Waals surface area (Å²) in [7, 11) is 0. The molecule has 2 fully saturated rings. The quantitative estimate of drug-likeness (QED) is 0.671. The van der Waals surface area contributed by atoms with E-state index in [2.05, 4.69) is 6.58 Å². The molecule has 0 aliphatic heterocycles. The first-order valence-electron chi connectivity index (χ1n) is 5.17. The zero-order valence-electron chi connectivity index (χ0n) is 8.20. The lowest BCUT2D eigenvalue weighted by Gasteiger charge is -2.24. The van der Waals surface area contributed by atoms with Gasteiger partial charge >= 0.3 is 0 Å². The van der Waals surface area contributed by atoms with Crippen molar-refractivity contribution >= 4 is 0 Å². The summed E-state index contributed by atoms with van der Waals surface area (Å²) in [5, 5.41) is 10.1. The average Bonchev–Trinajstić information content (AvgIpc) is 2.66. The molecule has 0 aromatic heterocycles. The molecule has 2 aliphatic carbocycles. The molecule has 74 valence electrons. The predicted octanol–water partition coefficient (Wildman–Crippen LogP) is 1.74. The standard InChI is InChI=1S/C11H18O2/c1-3-5-8-6-9-7-11(9,12)10(8)13-4-2/h3,8-10,12H,1,4-7H2,2H3/t8-,9?,10-,11?/m0/s1. The van der Waals surface area contributed by atoms with Crippen molar-refractivity contribution in [1.82, 2.24) is 0 Å². The van der Waals surface area contributed by atoms with E-state index in [9.17, 15) is 5.11 Å². The third kappa shape index (κ3) is 1.32. The lowest BCUT2D eigenvalue weighted by atomic mass is 9.96. The molecule has 0 heterocycles. The Morgan fingerprint density at radius 3 is 3.08 bits per heavy atom. The zero-order chi connectivity index (χ0) is 9.47. The van der Waals surface area contributed by atoms with Crippen LogP contribution in [0.3, 0.4) is 0 Å². The molecule has 13 heavy (non-hydrogen) atoms. The van der Waals surface area contributed by atoms with Gasteiger partial charge in [-0.2, -0.15) is 0 Å². The molecule has 0 aromatic rings. The molecule has 0 radical (unpaired) electrons. The summed E-state index contributed by atoms with van der Waals surface area (Å²) in [5.74, 6) is 1.01. The van der Waals surface area contributed by atoms with E-state index < -0.39 is 5.60 Å². The Balaban J connectivity index is 2.02. The van der Waals surface area contributed by atoms with Crippen molar-refractivity contribution in [2.75, 3.05) is 6.61 Å². The van der Waals surface area contributed by atoms with Gasteiger partial charge in [-0.3, -0.25) is 0 Å². The van der Waals surface area contributed by atoms with Gasteiger partial charge in [-0.1, -0.05) is 6.08 Å². The van der Waals surface area contributed by atoms with E-state index in [4.69, 9.17) is 4.74 Å². The Kier molecular flexibility index (Phi) is 2.20. The molecule has 0 amide bonds. The van der Waals surface area contributed by atoms with Gasteiger partial charge in [0, 0.05) is 6.61 Å². The maximum absolute atomic E-state index is 10.1. The first kappa shape index (κ1) is 9.22. The van der Waals surface area contributed by atoms with Crippen LogP contribution in [0.25, 0.3) is 0 Å². The topological polar surface area (TPSA) is 29.5 Å². The SMILES string of the molecule is C=CC[C@H]1CC2CC2(O)[C@H]1OCC. The predicted molar refractivity (Wildman–Crippen MR) is 51.4 cm³/mol. The summed E-state index contributed by atoms with van der Waals surface area (Å²) in [6.45, 7) is 6.44. The van der Waals surface area contributed by atoms with E-state index in [0.29, 0.717) is 18.4 Å². The largest absolute Gasteiger partial charge is 0.387 e. The Hall–Kier alpha value is -0.340. The molecule has 2 nitrogen and oxygen atoms in total. The normalized spacial score (nSPS) is 47.4. The van der Waals surface area contributed by atoms with Crippen molar-refractivity contribution in [3.05, 3.63) is 12.7 Å². The second kappa shape index (κ2) is 3.10. The van der Waals surface area contributed by atoms with Crippen LogP contribution in [0.5, 0.6) is 0 Å². The number of fused-ring (bicyclic) bond motifs is 1. The number of aliphatic hydroxyl groups is 1. The monoisotopic (exact) mass is 182 g/mol. The highest BCUT2D eigenvalue weighted by Gasteiger charge is 2.66. The highest BCUT2D eigenvalue weighted by atomic mass is 16.5. The molecule has 1 N–H and O–H groups in total. The molecular formula is C11H18O2. The Morgan fingerprint density at radius 2 is 2.46 bits per heavy atom. The lowest BCUT2D eigenvalue weighted by Crippen LogP contribution is -2.33. The van der Waals surface area contributed by atoms with E-state index >= 15 is 0 Å². The highest BCUT2D eigenvalue weighted by molar-refractivity contribution is 5.17. The van der Waals surface area contributed by atoms with Crippen molar-refractivity contribution < 1.29 is 9.84 Å². The summed E-state index contributed by atoms with van der Waals surface area (Å²) >= 11 is 0. The van der Waals surface area contributed by atoms with E-state index in [1.54, 1.807) is 0 Å². The molecule has 0 bridgehead atoms. The van der Waals surface area contributed by atoms with E-state index in [1.807, 2.05) is 13.0 Å². The Bertz CT molecular complexity index is 214. The smallest absolute Gasteiger partial charge is 0.0943 e. The number of hydrogen-bond donors (Lipinski definition) is 1. The fourth-order valence-electron chi connectivity index (χ4n) is 2.76. The molecule has 2 saturated carbocycles. The minimum atomic E-state index is -0.469. The second-order valence-corrected chi connectivity index (χ2v) is 4.29. The Labute approximate surface area is 79.6 Å². The number of ether oxygens (including phenoxy) is 1. The minimum absolute atomic E-state index is 0.0699. The third-order valence-corrected chi connectivity index (χ3v) is 3.44. The fourth-order valence-corrected chi connectivity index (χ4v) is 2.76. The fraction of sp³-hybridized carbons (Fsp3) is 0.818. The number of rotatable bonds is 4. The summed E-state index contributed by atoms with van der Waals surface area (Å²) in [6, 6.07) is 0. The van der Waals surface area contributed by atoms with Crippen LogP contribution in [-0.4, -0.2) is 23.4 Å². The summed E-state index contributed by atoms with van der Waals surface area (Å²) in [4.78, 5) is 0. The molecule has 0 saturated heterocycles. The first-order valence-corrected chi connectivity index (χ1v) is 5.17. The van der Waals surface area contributed by atoms with Crippen LogP contribution >= 0.6 is 0 Å². The van der Waals surface area contributed by atoms with Crippen LogP contribution in [-0.2, 0) is 4.74 Å². The van der Waals surface area contributed by atoms with Gasteiger partial charge in [-0.25, -0.2) is 0 Å². The van der Waals surface area contributed by atoms with Crippen molar-refractivity contribution in [2.24, 2.45) is 11.8 Å². The molecule has 2 unspecified atom stereocenters. The Morgan fingerprint density at radius 1 is 1.69 bits per heavy atom. The minimum Gasteiger partial charge on any atom is -0.387 e. The van der Waals surface area contributed by atoms with Gasteiger partial charge < -0.3 is 9.84 Å². The van der Waals surface area contributed by atoms with Gasteiger partial charge in [0.05, 0.1) is 11.7 Å². The van der Waals surface area contributed by atoms with Crippen molar-refractivity contribution in [2.45, 2.75) is 37.9 Å². The number of allylic oxidation sites excluding steroid dienone is 1. The number of hydrogen-bond acceptors (Lipinski definition) is 2. The van der Waals surface area contributed by atoms with Crippen molar-refractivity contribution in [1.29, 1.82) is 0 Å². The van der Waals surface area contributed by atoms with E-state index in [1.165, 1.54) is 0 Å². The first-order chi connectivity index (χ1) is 6.22. The van der Waals surface area contributed by atoms with Gasteiger partial charge in [0.1, 0.15) is 0 Å². The van der Waals surface area contributed by atoms with Crippen LogP contribution in [0.4, 0.5) is 0 Å². The molecule has 0 spiro atoms. The maximum Gasteiger partial charge on any atom is 0.0943 e. The van der Waals surface area contributed by atoms with Crippen molar-refractivity contribution in [3.8, 4) is 0 Å². The molecular weight excluding hydrogens is 164 g/mol.